The maximum Gasteiger partial charge on any atom is 0.252 e. The lowest BCUT2D eigenvalue weighted by Crippen LogP contribution is -2.41. The monoisotopic (exact) mass is 498 g/mol. The molecule has 0 spiro atoms. The number of aryl methyl sites for hydroxylation is 2. The van der Waals surface area contributed by atoms with Gasteiger partial charge in [-0.05, 0) is 25.5 Å². The van der Waals surface area contributed by atoms with Crippen molar-refractivity contribution in [2.75, 3.05) is 60.0 Å². The van der Waals surface area contributed by atoms with E-state index in [4.69, 9.17) is 4.74 Å². The van der Waals surface area contributed by atoms with Gasteiger partial charge in [0.1, 0.15) is 0 Å². The summed E-state index contributed by atoms with van der Waals surface area (Å²) >= 11 is 3.17. The van der Waals surface area contributed by atoms with Gasteiger partial charge in [-0.15, -0.1) is 22.7 Å². The molecule has 0 unspecified atom stereocenters. The van der Waals surface area contributed by atoms with Crippen molar-refractivity contribution < 1.29 is 22.0 Å². The lowest BCUT2D eigenvalue weighted by Gasteiger charge is -2.26. The van der Waals surface area contributed by atoms with Gasteiger partial charge in [0.2, 0.25) is 5.91 Å². The number of amides is 3. The summed E-state index contributed by atoms with van der Waals surface area (Å²) in [6, 6.07) is 3.79. The lowest BCUT2D eigenvalue weighted by molar-refractivity contribution is -0.127. The van der Waals surface area contributed by atoms with Gasteiger partial charge in [-0.1, -0.05) is 6.92 Å². The number of hydrogen-bond donors (Lipinski definition) is 2. The van der Waals surface area contributed by atoms with E-state index in [9.17, 15) is 14.4 Å². The second-order valence-electron chi connectivity index (χ2n) is 7.78. The van der Waals surface area contributed by atoms with Crippen molar-refractivity contribution in [3.8, 4) is 0 Å². The Balaban J connectivity index is 0.000000626. The Labute approximate surface area is 206 Å². The van der Waals surface area contributed by atoms with Crippen LogP contribution in [-0.4, -0.2) is 87.6 Å². The van der Waals surface area contributed by atoms with Gasteiger partial charge in [0.25, 0.3) is 11.8 Å². The van der Waals surface area contributed by atoms with Gasteiger partial charge in [-0.25, -0.2) is 0 Å². The maximum atomic E-state index is 11.8. The number of hydrogen-bond acceptors (Lipinski definition) is 7. The highest BCUT2D eigenvalue weighted by molar-refractivity contribution is 7.10. The highest BCUT2D eigenvalue weighted by atomic mass is 32.1. The van der Waals surface area contributed by atoms with Gasteiger partial charge in [-0.2, -0.15) is 0 Å². The van der Waals surface area contributed by atoms with Crippen molar-refractivity contribution in [2.45, 2.75) is 20.3 Å². The summed E-state index contributed by atoms with van der Waals surface area (Å²) in [5.41, 5.74) is 1.41. The molecule has 2 N–H and O–H groups in total. The average molecular weight is 499 g/mol. The molecule has 2 aromatic heterocycles. The molecule has 0 radical (unpaired) electrons. The van der Waals surface area contributed by atoms with Gasteiger partial charge >= 0.3 is 0 Å². The van der Waals surface area contributed by atoms with E-state index in [1.165, 1.54) is 14.7 Å². The fourth-order valence-corrected chi connectivity index (χ4v) is 4.42. The third-order valence-corrected chi connectivity index (χ3v) is 6.92. The molecular formula is C23H38N4O4S2. The topological polar surface area (TPSA) is 91.0 Å². The molecule has 1 fully saturated rings. The third-order valence-electron chi connectivity index (χ3n) is 4.97. The van der Waals surface area contributed by atoms with Crippen molar-refractivity contribution in [1.29, 1.82) is 0 Å². The van der Waals surface area contributed by atoms with Crippen molar-refractivity contribution in [3.63, 3.8) is 0 Å². The molecule has 3 rings (SSSR count). The van der Waals surface area contributed by atoms with E-state index in [0.717, 1.165) is 44.8 Å². The lowest BCUT2D eigenvalue weighted by atomic mass is 10.2. The highest BCUT2D eigenvalue weighted by Crippen LogP contribution is 2.15. The first-order chi connectivity index (χ1) is 15.8. The van der Waals surface area contributed by atoms with Crippen LogP contribution in [-0.2, 0) is 16.0 Å². The predicted octanol–water partition coefficient (Wildman–Crippen LogP) is 2.74. The first-order valence-corrected chi connectivity index (χ1v) is 12.7. The van der Waals surface area contributed by atoms with Crippen molar-refractivity contribution in [3.05, 3.63) is 43.8 Å². The van der Waals surface area contributed by atoms with Gasteiger partial charge in [0, 0.05) is 63.6 Å². The number of carbonyl (C=O) groups is 3. The zero-order valence-electron chi connectivity index (χ0n) is 19.8. The number of nitrogens with one attached hydrogen (secondary N) is 2. The molecular weight excluding hydrogens is 460 g/mol. The summed E-state index contributed by atoms with van der Waals surface area (Å²) in [5, 5.41) is 9.25. The van der Waals surface area contributed by atoms with Crippen LogP contribution in [0.2, 0.25) is 0 Å². The molecule has 10 heteroatoms. The molecule has 8 nitrogen and oxygen atoms in total. The second-order valence-corrected chi connectivity index (χ2v) is 9.89. The molecule has 1 aliphatic heterocycles. The third kappa shape index (κ3) is 9.63. The number of morpholine rings is 1. The largest absolute Gasteiger partial charge is 0.379 e. The minimum atomic E-state index is -0.189. The van der Waals surface area contributed by atoms with E-state index in [0.29, 0.717) is 12.1 Å². The van der Waals surface area contributed by atoms with Crippen LogP contribution in [0.3, 0.4) is 0 Å². The van der Waals surface area contributed by atoms with Crippen LogP contribution < -0.4 is 10.6 Å². The minimum Gasteiger partial charge on any atom is -0.379 e. The summed E-state index contributed by atoms with van der Waals surface area (Å²) in [4.78, 5) is 40.7. The Hall–Kier alpha value is -2.27. The first kappa shape index (κ1) is 27.0. The fraction of sp³-hybridized carbons (Fsp3) is 0.522. The minimum absolute atomic E-state index is 0. The smallest absolute Gasteiger partial charge is 0.252 e. The molecule has 186 valence electrons. The van der Waals surface area contributed by atoms with Crippen LogP contribution in [0.1, 0.15) is 40.2 Å². The van der Waals surface area contributed by atoms with Gasteiger partial charge in [0.15, 0.2) is 0 Å². The van der Waals surface area contributed by atoms with Crippen LogP contribution >= 0.6 is 22.7 Å². The van der Waals surface area contributed by atoms with Crippen LogP contribution in [0.5, 0.6) is 0 Å². The zero-order valence-corrected chi connectivity index (χ0v) is 21.4. The second kappa shape index (κ2) is 14.1. The Morgan fingerprint density at radius 2 is 1.70 bits per heavy atom. The van der Waals surface area contributed by atoms with Gasteiger partial charge in [0.05, 0.1) is 30.9 Å². The molecule has 0 aromatic carbocycles. The average Bonchev–Trinajstić information content (AvgIpc) is 3.47. The van der Waals surface area contributed by atoms with Crippen molar-refractivity contribution in [2.24, 2.45) is 0 Å². The first-order valence-electron chi connectivity index (χ1n) is 11.0. The molecule has 3 amide bonds. The number of ether oxygens (including phenoxy) is 1. The standard InChI is InChI=1S/C12H18N2O2S.C11H16N2O2S.2H2/c1-10-8-11(9-17-10)12(15)13-2-3-14-4-6-16-7-5-14;1-4-9-5-8(7-16-9)11(15)12-6-10(14)13(2)3;;/h8-9H,2-7H2,1H3,(H,13,15);5,7H,4,6H2,1-3H3,(H,12,15);2*1H. The zero-order chi connectivity index (χ0) is 24.2. The van der Waals surface area contributed by atoms with E-state index < -0.39 is 0 Å². The van der Waals surface area contributed by atoms with E-state index in [1.807, 2.05) is 36.7 Å². The molecule has 3 heterocycles. The SMILES string of the molecule is CCc1cc(C(=O)NCC(=O)N(C)C)cs1.Cc1cc(C(=O)NCCN2CCOCC2)cs1.[HH].[HH]. The van der Waals surface area contributed by atoms with Crippen LogP contribution in [0.4, 0.5) is 0 Å². The van der Waals surface area contributed by atoms with E-state index in [-0.39, 0.29) is 27.1 Å². The summed E-state index contributed by atoms with van der Waals surface area (Å²) in [6.45, 7) is 9.24. The van der Waals surface area contributed by atoms with Crippen LogP contribution in [0.25, 0.3) is 0 Å². The van der Waals surface area contributed by atoms with E-state index in [2.05, 4.69) is 15.5 Å². The van der Waals surface area contributed by atoms with Gasteiger partial charge < -0.3 is 20.3 Å². The number of thiophene rings is 2. The maximum absolute atomic E-state index is 11.8. The summed E-state index contributed by atoms with van der Waals surface area (Å²) in [5.74, 6) is -0.270. The van der Waals surface area contributed by atoms with E-state index >= 15 is 0 Å². The normalized spacial score (nSPS) is 13.6. The van der Waals surface area contributed by atoms with Gasteiger partial charge in [-0.3, -0.25) is 19.3 Å². The molecule has 0 atom stereocenters. The predicted molar refractivity (Wildman–Crippen MR) is 138 cm³/mol. The molecule has 0 aliphatic carbocycles. The number of likely N-dealkylation sites (N-methyl/N-ethyl adjacent to an activating group) is 1. The Bertz CT molecular complexity index is 915. The van der Waals surface area contributed by atoms with Crippen LogP contribution in [0.15, 0.2) is 22.9 Å². The number of rotatable bonds is 8. The molecule has 1 aliphatic rings. The highest BCUT2D eigenvalue weighted by Gasteiger charge is 2.12. The van der Waals surface area contributed by atoms with Crippen molar-refractivity contribution in [1.82, 2.24) is 20.4 Å². The molecule has 2 aromatic rings. The number of nitrogens with zero attached hydrogens (tertiary/aromatic N) is 2. The van der Waals surface area contributed by atoms with E-state index in [1.54, 1.807) is 36.8 Å². The quantitative estimate of drug-likeness (QED) is 0.584. The Morgan fingerprint density at radius 3 is 2.27 bits per heavy atom. The summed E-state index contributed by atoms with van der Waals surface area (Å²) < 4.78 is 5.27. The molecule has 1 saturated heterocycles. The Morgan fingerprint density at radius 1 is 1.06 bits per heavy atom. The van der Waals surface area contributed by atoms with Crippen LogP contribution in [0, 0.1) is 6.92 Å². The summed E-state index contributed by atoms with van der Waals surface area (Å²) in [6.07, 6.45) is 0.925. The Kier molecular flexibility index (Phi) is 11.5. The summed E-state index contributed by atoms with van der Waals surface area (Å²) in [7, 11) is 3.32. The molecule has 0 bridgehead atoms. The van der Waals surface area contributed by atoms with Crippen molar-refractivity contribution >= 4 is 40.4 Å². The molecule has 0 saturated carbocycles. The number of carbonyl (C=O) groups excluding carboxylic acids is 3. The fourth-order valence-electron chi connectivity index (χ4n) is 2.92. The molecule has 33 heavy (non-hydrogen) atoms.